The summed E-state index contributed by atoms with van der Waals surface area (Å²) in [6, 6.07) is 8.14. The SMILES string of the molecule is Cc1cc(C#N)ccc1CN(C)CC1CC1. The fraction of sp³-hybridized carbons (Fsp3) is 0.500. The first kappa shape index (κ1) is 11.2. The molecule has 0 atom stereocenters. The van der Waals surface area contributed by atoms with Gasteiger partial charge < -0.3 is 4.90 Å². The maximum absolute atomic E-state index is 8.80. The van der Waals surface area contributed by atoms with Gasteiger partial charge in [-0.25, -0.2) is 0 Å². The molecule has 0 bridgehead atoms. The van der Waals surface area contributed by atoms with Gasteiger partial charge in [-0.1, -0.05) is 6.07 Å². The minimum Gasteiger partial charge on any atom is -0.302 e. The monoisotopic (exact) mass is 214 g/mol. The zero-order valence-corrected chi connectivity index (χ0v) is 10.0. The highest BCUT2D eigenvalue weighted by molar-refractivity contribution is 5.37. The molecule has 1 saturated carbocycles. The summed E-state index contributed by atoms with van der Waals surface area (Å²) in [7, 11) is 2.18. The largest absolute Gasteiger partial charge is 0.302 e. The average Bonchev–Trinajstić information content (AvgIpc) is 3.05. The Kier molecular flexibility index (Phi) is 3.26. The van der Waals surface area contributed by atoms with Crippen LogP contribution in [0.2, 0.25) is 0 Å². The lowest BCUT2D eigenvalue weighted by Gasteiger charge is -2.17. The topological polar surface area (TPSA) is 27.0 Å². The molecule has 0 unspecified atom stereocenters. The van der Waals surface area contributed by atoms with Gasteiger partial charge in [-0.2, -0.15) is 5.26 Å². The number of nitriles is 1. The van der Waals surface area contributed by atoms with Gasteiger partial charge in [0.25, 0.3) is 0 Å². The molecule has 0 aliphatic heterocycles. The van der Waals surface area contributed by atoms with E-state index < -0.39 is 0 Å². The third kappa shape index (κ3) is 2.84. The molecule has 1 aromatic carbocycles. The van der Waals surface area contributed by atoms with Crippen molar-refractivity contribution in [1.82, 2.24) is 4.90 Å². The van der Waals surface area contributed by atoms with Crippen LogP contribution < -0.4 is 0 Å². The van der Waals surface area contributed by atoms with Crippen LogP contribution in [0.1, 0.15) is 29.5 Å². The molecule has 2 rings (SSSR count). The van der Waals surface area contributed by atoms with E-state index in [0.717, 1.165) is 18.0 Å². The van der Waals surface area contributed by atoms with Gasteiger partial charge in [-0.15, -0.1) is 0 Å². The maximum Gasteiger partial charge on any atom is 0.0991 e. The zero-order chi connectivity index (χ0) is 11.5. The first-order valence-electron chi connectivity index (χ1n) is 5.87. The van der Waals surface area contributed by atoms with Gasteiger partial charge in [-0.05, 0) is 56.0 Å². The molecule has 1 aliphatic rings. The highest BCUT2D eigenvalue weighted by Crippen LogP contribution is 2.29. The second-order valence-electron chi connectivity index (χ2n) is 4.89. The third-order valence-corrected chi connectivity index (χ3v) is 3.18. The van der Waals surface area contributed by atoms with E-state index in [1.807, 2.05) is 12.1 Å². The number of benzene rings is 1. The smallest absolute Gasteiger partial charge is 0.0991 e. The normalized spacial score (nSPS) is 15.1. The number of rotatable bonds is 4. The van der Waals surface area contributed by atoms with Crippen molar-refractivity contribution in [3.05, 3.63) is 34.9 Å². The summed E-state index contributed by atoms with van der Waals surface area (Å²) in [5.41, 5.74) is 3.31. The molecule has 0 radical (unpaired) electrons. The van der Waals surface area contributed by atoms with Gasteiger partial charge in [0.2, 0.25) is 0 Å². The van der Waals surface area contributed by atoms with E-state index in [9.17, 15) is 0 Å². The van der Waals surface area contributed by atoms with Crippen LogP contribution in [0.5, 0.6) is 0 Å². The van der Waals surface area contributed by atoms with Crippen molar-refractivity contribution in [2.24, 2.45) is 5.92 Å². The summed E-state index contributed by atoms with van der Waals surface area (Å²) >= 11 is 0. The molecule has 0 aromatic heterocycles. The molecule has 0 amide bonds. The highest BCUT2D eigenvalue weighted by atomic mass is 15.1. The van der Waals surface area contributed by atoms with Crippen molar-refractivity contribution in [3.8, 4) is 6.07 Å². The summed E-state index contributed by atoms with van der Waals surface area (Å²) in [6.07, 6.45) is 2.80. The maximum atomic E-state index is 8.80. The Bertz CT molecular complexity index is 413. The van der Waals surface area contributed by atoms with Crippen molar-refractivity contribution in [2.75, 3.05) is 13.6 Å². The van der Waals surface area contributed by atoms with Crippen LogP contribution in [0.3, 0.4) is 0 Å². The van der Waals surface area contributed by atoms with E-state index in [2.05, 4.69) is 31.0 Å². The molecule has 1 aliphatic carbocycles. The van der Waals surface area contributed by atoms with E-state index in [0.29, 0.717) is 0 Å². The van der Waals surface area contributed by atoms with E-state index >= 15 is 0 Å². The Morgan fingerprint density at radius 3 is 2.75 bits per heavy atom. The van der Waals surface area contributed by atoms with Crippen molar-refractivity contribution >= 4 is 0 Å². The lowest BCUT2D eigenvalue weighted by Crippen LogP contribution is -2.20. The first-order valence-corrected chi connectivity index (χ1v) is 5.87. The lowest BCUT2D eigenvalue weighted by atomic mass is 10.1. The van der Waals surface area contributed by atoms with E-state index in [1.165, 1.54) is 30.5 Å². The number of aryl methyl sites for hydroxylation is 1. The van der Waals surface area contributed by atoms with Crippen molar-refractivity contribution < 1.29 is 0 Å². The predicted octanol–water partition coefficient (Wildman–Crippen LogP) is 2.71. The Morgan fingerprint density at radius 1 is 1.44 bits per heavy atom. The fourth-order valence-corrected chi connectivity index (χ4v) is 2.04. The van der Waals surface area contributed by atoms with E-state index in [1.54, 1.807) is 0 Å². The van der Waals surface area contributed by atoms with Gasteiger partial charge in [-0.3, -0.25) is 0 Å². The first-order chi connectivity index (χ1) is 7.69. The van der Waals surface area contributed by atoms with Crippen LogP contribution in [0.15, 0.2) is 18.2 Å². The summed E-state index contributed by atoms with van der Waals surface area (Å²) in [6.45, 7) is 4.29. The van der Waals surface area contributed by atoms with Gasteiger partial charge in [0, 0.05) is 13.1 Å². The third-order valence-electron chi connectivity index (χ3n) is 3.18. The lowest BCUT2D eigenvalue weighted by molar-refractivity contribution is 0.312. The second-order valence-corrected chi connectivity index (χ2v) is 4.89. The molecule has 2 nitrogen and oxygen atoms in total. The molecule has 0 heterocycles. The van der Waals surface area contributed by atoms with Crippen LogP contribution in [0.4, 0.5) is 0 Å². The fourth-order valence-electron chi connectivity index (χ4n) is 2.04. The van der Waals surface area contributed by atoms with E-state index in [-0.39, 0.29) is 0 Å². The second kappa shape index (κ2) is 4.67. The van der Waals surface area contributed by atoms with Crippen LogP contribution in [0, 0.1) is 24.2 Å². The molecule has 0 saturated heterocycles. The molecule has 84 valence electrons. The average molecular weight is 214 g/mol. The number of nitrogens with zero attached hydrogens (tertiary/aromatic N) is 2. The van der Waals surface area contributed by atoms with Gasteiger partial charge in [0.15, 0.2) is 0 Å². The summed E-state index contributed by atoms with van der Waals surface area (Å²) in [5, 5.41) is 8.80. The number of hydrogen-bond donors (Lipinski definition) is 0. The Morgan fingerprint density at radius 2 is 2.19 bits per heavy atom. The van der Waals surface area contributed by atoms with Crippen LogP contribution in [0.25, 0.3) is 0 Å². The van der Waals surface area contributed by atoms with Crippen molar-refractivity contribution in [3.63, 3.8) is 0 Å². The van der Waals surface area contributed by atoms with Crippen LogP contribution in [-0.2, 0) is 6.54 Å². The Hall–Kier alpha value is -1.33. The predicted molar refractivity (Wildman–Crippen MR) is 65.0 cm³/mol. The van der Waals surface area contributed by atoms with Gasteiger partial charge in [0.05, 0.1) is 11.6 Å². The van der Waals surface area contributed by atoms with Crippen LogP contribution in [-0.4, -0.2) is 18.5 Å². The standard InChI is InChI=1S/C14H18N2/c1-11-7-13(8-15)5-6-14(11)10-16(2)9-12-3-4-12/h5-7,12H,3-4,9-10H2,1-2H3. The van der Waals surface area contributed by atoms with Gasteiger partial charge in [0.1, 0.15) is 0 Å². The van der Waals surface area contributed by atoms with Gasteiger partial charge >= 0.3 is 0 Å². The molecule has 2 heteroatoms. The zero-order valence-electron chi connectivity index (χ0n) is 10.0. The molecule has 16 heavy (non-hydrogen) atoms. The number of hydrogen-bond acceptors (Lipinski definition) is 2. The van der Waals surface area contributed by atoms with Crippen molar-refractivity contribution in [1.29, 1.82) is 5.26 Å². The summed E-state index contributed by atoms with van der Waals surface area (Å²) in [5.74, 6) is 0.934. The van der Waals surface area contributed by atoms with E-state index in [4.69, 9.17) is 5.26 Å². The summed E-state index contributed by atoms with van der Waals surface area (Å²) in [4.78, 5) is 2.38. The molecule has 0 N–H and O–H groups in total. The van der Waals surface area contributed by atoms with Crippen LogP contribution >= 0.6 is 0 Å². The molecule has 0 spiro atoms. The van der Waals surface area contributed by atoms with Crippen molar-refractivity contribution in [2.45, 2.75) is 26.3 Å². The quantitative estimate of drug-likeness (QED) is 0.770. The molecular formula is C14H18N2. The molecule has 1 aromatic rings. The Balaban J connectivity index is 2.00. The summed E-state index contributed by atoms with van der Waals surface area (Å²) < 4.78 is 0. The molecular weight excluding hydrogens is 196 g/mol. The Labute approximate surface area is 97.5 Å². The highest BCUT2D eigenvalue weighted by Gasteiger charge is 2.22. The minimum atomic E-state index is 0.756. The minimum absolute atomic E-state index is 0.756. The molecule has 1 fully saturated rings.